The Morgan fingerprint density at radius 3 is 2.84 bits per heavy atom. The molecule has 3 aliphatic rings. The molecule has 1 heterocycles. The second-order valence-electron chi connectivity index (χ2n) is 10.7. The summed E-state index contributed by atoms with van der Waals surface area (Å²) in [5.41, 5.74) is 2.86. The van der Waals surface area contributed by atoms with Crippen LogP contribution in [0.2, 0.25) is 0 Å². The maximum Gasteiger partial charge on any atom is 0.524 e. The Kier molecular flexibility index (Phi) is 7.30. The molecule has 1 aromatic heterocycles. The molecule has 9 nitrogen and oxygen atoms in total. The average molecular weight is 612 g/mol. The Balaban J connectivity index is 1.37. The molecular formula is C25H31BrN3O6PS. The van der Waals surface area contributed by atoms with Crippen molar-refractivity contribution in [1.29, 1.82) is 0 Å². The number of phosphoric ester groups is 1. The molecule has 0 bridgehead atoms. The molecule has 1 amide bonds. The van der Waals surface area contributed by atoms with Gasteiger partial charge >= 0.3 is 7.82 Å². The summed E-state index contributed by atoms with van der Waals surface area (Å²) in [6.07, 6.45) is 7.02. The Hall–Kier alpha value is -1.78. The highest BCUT2D eigenvalue weighted by Crippen LogP contribution is 2.63. The second kappa shape index (κ2) is 10.1. The van der Waals surface area contributed by atoms with E-state index in [1.165, 1.54) is 16.9 Å². The number of benzene rings is 1. The second-order valence-corrected chi connectivity index (χ2v) is 13.9. The first kappa shape index (κ1) is 26.8. The molecule has 4 N–H and O–H groups in total. The molecular weight excluding hydrogens is 581 g/mol. The molecule has 5 rings (SSSR count). The van der Waals surface area contributed by atoms with Gasteiger partial charge in [0.05, 0.1) is 10.2 Å². The number of nitrogens with zero attached hydrogens (tertiary/aromatic N) is 2. The first-order chi connectivity index (χ1) is 17.5. The number of thiazole rings is 1. The molecule has 3 aliphatic carbocycles. The largest absolute Gasteiger partial charge is 0.524 e. The van der Waals surface area contributed by atoms with Crippen molar-refractivity contribution in [1.82, 2.24) is 4.98 Å². The molecule has 2 saturated carbocycles. The molecule has 3 unspecified atom stereocenters. The number of anilines is 1. The third kappa shape index (κ3) is 5.13. The Bertz CT molecular complexity index is 1300. The molecule has 2 aromatic rings. The maximum absolute atomic E-state index is 12.7. The van der Waals surface area contributed by atoms with Gasteiger partial charge in [-0.15, -0.1) is 11.3 Å². The van der Waals surface area contributed by atoms with E-state index in [2.05, 4.69) is 38.3 Å². The number of hydrogen-bond donors (Lipinski definition) is 4. The first-order valence-corrected chi connectivity index (χ1v) is 15.6. The van der Waals surface area contributed by atoms with Crippen molar-refractivity contribution in [2.45, 2.75) is 64.7 Å². The number of carbonyl (C=O) groups excluding carboxylic acids is 1. The summed E-state index contributed by atoms with van der Waals surface area (Å²) < 4.78 is 16.9. The summed E-state index contributed by atoms with van der Waals surface area (Å²) in [6, 6.07) is 3.58. The van der Waals surface area contributed by atoms with Crippen LogP contribution in [0, 0.1) is 30.1 Å². The summed E-state index contributed by atoms with van der Waals surface area (Å²) in [7, 11) is -4.66. The molecule has 0 spiro atoms. The van der Waals surface area contributed by atoms with E-state index in [-0.39, 0.29) is 34.8 Å². The molecule has 1 aromatic carbocycles. The molecule has 0 aliphatic heterocycles. The van der Waals surface area contributed by atoms with Gasteiger partial charge in [0.1, 0.15) is 5.75 Å². The summed E-state index contributed by atoms with van der Waals surface area (Å²) in [5.74, 6) is 1.27. The van der Waals surface area contributed by atoms with Gasteiger partial charge in [0.2, 0.25) is 5.91 Å². The van der Waals surface area contributed by atoms with Crippen molar-refractivity contribution >= 4 is 51.8 Å². The minimum Gasteiger partial charge on any atom is -0.411 e. The van der Waals surface area contributed by atoms with Crippen LogP contribution in [0.4, 0.5) is 5.13 Å². The number of halogens is 1. The predicted octanol–water partition coefficient (Wildman–Crippen LogP) is 6.02. The van der Waals surface area contributed by atoms with Crippen molar-refractivity contribution in [2.75, 3.05) is 5.32 Å². The number of aryl methyl sites for hydroxylation is 1. The van der Waals surface area contributed by atoms with Crippen LogP contribution < -0.4 is 9.84 Å². The van der Waals surface area contributed by atoms with E-state index in [4.69, 9.17) is 4.52 Å². The van der Waals surface area contributed by atoms with Gasteiger partial charge in [0.15, 0.2) is 5.13 Å². The van der Waals surface area contributed by atoms with E-state index in [9.17, 15) is 24.4 Å². The fraction of sp³-hybridized carbons (Fsp3) is 0.560. The van der Waals surface area contributed by atoms with E-state index >= 15 is 0 Å². The van der Waals surface area contributed by atoms with Gasteiger partial charge in [0, 0.05) is 22.9 Å². The van der Waals surface area contributed by atoms with Crippen molar-refractivity contribution in [3.63, 3.8) is 0 Å². The Morgan fingerprint density at radius 1 is 1.38 bits per heavy atom. The lowest BCUT2D eigenvalue weighted by Gasteiger charge is -2.50. The standard InChI is InChI=1S/C25H31BrN3O6PS/c1-13-12-27-24(37-13)28-21(30)8-3-14-11-20(29-31)25(2)10-9-16-15-6-7-19(35-36(32,33)34)23(26)18(15)5-4-17(16)22(14)25/h6-7,12,14,16-17,22,31H,3-5,8-11H2,1-2H3,(H,27,28,30)(H2,32,33,34)/b29-20+/t14-,16?,17?,22?,25-/m1/s1. The third-order valence-electron chi connectivity index (χ3n) is 8.63. The third-order valence-corrected chi connectivity index (χ3v) is 10.8. The van der Waals surface area contributed by atoms with E-state index < -0.39 is 7.82 Å². The number of fused-ring (bicyclic) bond motifs is 5. The zero-order valence-corrected chi connectivity index (χ0v) is 24.0. The quantitative estimate of drug-likeness (QED) is 0.178. The van der Waals surface area contributed by atoms with Gasteiger partial charge in [-0.05, 0) is 102 Å². The number of amides is 1. The van der Waals surface area contributed by atoms with Gasteiger partial charge in [-0.3, -0.25) is 14.6 Å². The van der Waals surface area contributed by atoms with E-state index in [1.54, 1.807) is 12.3 Å². The van der Waals surface area contributed by atoms with Crippen LogP contribution in [0.25, 0.3) is 0 Å². The molecule has 37 heavy (non-hydrogen) atoms. The summed E-state index contributed by atoms with van der Waals surface area (Å²) in [4.78, 5) is 36.5. The number of phosphoric acid groups is 1. The number of rotatable bonds is 6. The fourth-order valence-corrected chi connectivity index (χ4v) is 9.07. The van der Waals surface area contributed by atoms with Crippen molar-refractivity contribution < 1.29 is 28.9 Å². The topological polar surface area (TPSA) is 141 Å². The number of oxime groups is 1. The number of carbonyl (C=O) groups is 1. The fourth-order valence-electron chi connectivity index (χ4n) is 7.21. The molecule has 2 fully saturated rings. The zero-order valence-electron chi connectivity index (χ0n) is 20.7. The van der Waals surface area contributed by atoms with E-state index in [1.807, 2.05) is 13.0 Å². The minimum absolute atomic E-state index is 0.0479. The van der Waals surface area contributed by atoms with Gasteiger partial charge in [-0.25, -0.2) is 9.55 Å². The van der Waals surface area contributed by atoms with Crippen LogP contribution in [0.5, 0.6) is 5.75 Å². The molecule has 200 valence electrons. The van der Waals surface area contributed by atoms with Crippen molar-refractivity contribution in [3.8, 4) is 5.75 Å². The van der Waals surface area contributed by atoms with Crippen LogP contribution in [0.3, 0.4) is 0 Å². The van der Waals surface area contributed by atoms with E-state index in [0.717, 1.165) is 41.8 Å². The summed E-state index contributed by atoms with van der Waals surface area (Å²) in [5, 5.41) is 17.2. The smallest absolute Gasteiger partial charge is 0.411 e. The SMILES string of the molecule is Cc1cnc(NC(=O)CC[C@@H]2C/C(=N\O)[C@@]3(C)CCC4c5ccc(OP(=O)(O)O)c(Br)c5CCC4C23)s1. The highest BCUT2D eigenvalue weighted by atomic mass is 79.9. The highest BCUT2D eigenvalue weighted by molar-refractivity contribution is 9.10. The first-order valence-electron chi connectivity index (χ1n) is 12.5. The molecule has 5 atom stereocenters. The lowest BCUT2D eigenvalue weighted by molar-refractivity contribution is -0.116. The maximum atomic E-state index is 12.7. The number of aromatic nitrogens is 1. The molecule has 0 saturated heterocycles. The van der Waals surface area contributed by atoms with Crippen LogP contribution in [-0.4, -0.2) is 31.6 Å². The van der Waals surface area contributed by atoms with Crippen LogP contribution in [0.15, 0.2) is 28.0 Å². The average Bonchev–Trinajstić information content (AvgIpc) is 3.37. The highest BCUT2D eigenvalue weighted by Gasteiger charge is 2.57. The normalized spacial score (nSPS) is 29.9. The predicted molar refractivity (Wildman–Crippen MR) is 144 cm³/mol. The van der Waals surface area contributed by atoms with Crippen LogP contribution >= 0.6 is 35.1 Å². The Labute approximate surface area is 228 Å². The molecule has 12 heteroatoms. The number of nitrogens with one attached hydrogen (secondary N) is 1. The van der Waals surface area contributed by atoms with Crippen LogP contribution in [0.1, 0.15) is 67.4 Å². The molecule has 0 radical (unpaired) electrons. The number of hydrogen-bond acceptors (Lipinski definition) is 7. The lowest BCUT2D eigenvalue weighted by atomic mass is 9.54. The monoisotopic (exact) mass is 611 g/mol. The van der Waals surface area contributed by atoms with Gasteiger partial charge in [0.25, 0.3) is 0 Å². The lowest BCUT2D eigenvalue weighted by Crippen LogP contribution is -2.44. The van der Waals surface area contributed by atoms with E-state index in [0.29, 0.717) is 34.8 Å². The van der Waals surface area contributed by atoms with Crippen molar-refractivity contribution in [2.24, 2.45) is 28.3 Å². The zero-order chi connectivity index (χ0) is 26.5. The van der Waals surface area contributed by atoms with Crippen molar-refractivity contribution in [3.05, 3.63) is 38.8 Å². The summed E-state index contributed by atoms with van der Waals surface area (Å²) >= 11 is 4.99. The van der Waals surface area contributed by atoms with Crippen LogP contribution in [-0.2, 0) is 15.8 Å². The Morgan fingerprint density at radius 2 is 2.16 bits per heavy atom. The van der Waals surface area contributed by atoms with Gasteiger partial charge in [-0.1, -0.05) is 18.1 Å². The van der Waals surface area contributed by atoms with Gasteiger partial charge in [-0.2, -0.15) is 0 Å². The summed E-state index contributed by atoms with van der Waals surface area (Å²) in [6.45, 7) is 4.16. The minimum atomic E-state index is -4.66. The van der Waals surface area contributed by atoms with Gasteiger partial charge < -0.3 is 15.0 Å².